The second-order valence-electron chi connectivity index (χ2n) is 5.04. The molecule has 0 unspecified atom stereocenters. The van der Waals surface area contributed by atoms with Crippen molar-refractivity contribution < 1.29 is 4.92 Å². The van der Waals surface area contributed by atoms with Crippen molar-refractivity contribution in [1.29, 1.82) is 0 Å². The highest BCUT2D eigenvalue weighted by Crippen LogP contribution is 2.41. The Balaban J connectivity index is 2.11. The Bertz CT molecular complexity index is 1070. The van der Waals surface area contributed by atoms with E-state index in [9.17, 15) is 10.1 Å². The summed E-state index contributed by atoms with van der Waals surface area (Å²) < 4.78 is 2.12. The molecule has 4 rings (SSSR count). The molecule has 0 aliphatic heterocycles. The lowest BCUT2D eigenvalue weighted by atomic mass is 10.1. The van der Waals surface area contributed by atoms with E-state index in [4.69, 9.17) is 11.6 Å². The van der Waals surface area contributed by atoms with E-state index in [-0.39, 0.29) is 10.8 Å². The predicted molar refractivity (Wildman–Crippen MR) is 94.2 cm³/mol. The molecule has 0 radical (unpaired) electrons. The molecule has 0 spiro atoms. The Morgan fingerprint density at radius 1 is 1.00 bits per heavy atom. The third-order valence-corrected chi connectivity index (χ3v) is 5.13. The Morgan fingerprint density at radius 2 is 1.78 bits per heavy atom. The van der Waals surface area contributed by atoms with Crippen LogP contribution >= 0.6 is 22.9 Å². The van der Waals surface area contributed by atoms with Crippen LogP contribution in [0, 0.1) is 10.1 Å². The summed E-state index contributed by atoms with van der Waals surface area (Å²) in [6.45, 7) is 0. The lowest BCUT2D eigenvalue weighted by molar-refractivity contribution is -0.384. The van der Waals surface area contributed by atoms with Crippen LogP contribution in [0.25, 0.3) is 31.4 Å². The summed E-state index contributed by atoms with van der Waals surface area (Å²) in [5, 5.41) is 13.8. The summed E-state index contributed by atoms with van der Waals surface area (Å²) >= 11 is 7.57. The molecule has 0 atom stereocenters. The number of hydrogen-bond donors (Lipinski definition) is 0. The number of nitro groups is 1. The first-order chi connectivity index (χ1) is 11.1. The number of rotatable bonds is 2. The van der Waals surface area contributed by atoms with Gasteiger partial charge in [-0.25, -0.2) is 4.98 Å². The van der Waals surface area contributed by atoms with Gasteiger partial charge in [-0.1, -0.05) is 48.0 Å². The van der Waals surface area contributed by atoms with Crippen LogP contribution in [0.15, 0.2) is 54.6 Å². The van der Waals surface area contributed by atoms with Gasteiger partial charge in [-0.2, -0.15) is 0 Å². The van der Waals surface area contributed by atoms with Gasteiger partial charge in [-0.15, -0.1) is 11.3 Å². The van der Waals surface area contributed by atoms with E-state index in [0.29, 0.717) is 5.69 Å². The lowest BCUT2D eigenvalue weighted by Gasteiger charge is -2.04. The van der Waals surface area contributed by atoms with Crippen molar-refractivity contribution in [2.45, 2.75) is 0 Å². The average molecular weight is 341 g/mol. The highest BCUT2D eigenvalue weighted by molar-refractivity contribution is 7.26. The van der Waals surface area contributed by atoms with Crippen LogP contribution in [0.2, 0.25) is 5.15 Å². The Labute approximate surface area is 140 Å². The second kappa shape index (κ2) is 5.30. The van der Waals surface area contributed by atoms with Crippen LogP contribution in [-0.2, 0) is 0 Å². The van der Waals surface area contributed by atoms with Gasteiger partial charge in [-0.05, 0) is 12.1 Å². The highest BCUT2D eigenvalue weighted by atomic mass is 35.5. The Kier molecular flexibility index (Phi) is 3.25. The molecule has 0 saturated heterocycles. The molecule has 0 amide bonds. The summed E-state index contributed by atoms with van der Waals surface area (Å²) in [6, 6.07) is 16.7. The molecule has 0 aliphatic carbocycles. The summed E-state index contributed by atoms with van der Waals surface area (Å²) in [5.41, 5.74) is 0.997. The van der Waals surface area contributed by atoms with Gasteiger partial charge in [0.25, 0.3) is 5.69 Å². The van der Waals surface area contributed by atoms with E-state index in [1.807, 2.05) is 36.4 Å². The molecule has 2 aromatic heterocycles. The topological polar surface area (TPSA) is 56.0 Å². The van der Waals surface area contributed by atoms with Crippen molar-refractivity contribution in [3.63, 3.8) is 0 Å². The number of thiophene rings is 1. The molecular formula is C17H9ClN2O2S. The molecule has 23 heavy (non-hydrogen) atoms. The van der Waals surface area contributed by atoms with Gasteiger partial charge < -0.3 is 0 Å². The minimum absolute atomic E-state index is 0.0423. The molecule has 0 fully saturated rings. The number of pyridine rings is 1. The molecule has 0 saturated carbocycles. The maximum absolute atomic E-state index is 11.3. The third kappa shape index (κ3) is 2.25. The summed E-state index contributed by atoms with van der Waals surface area (Å²) in [6.07, 6.45) is 0. The molecule has 4 nitrogen and oxygen atoms in total. The van der Waals surface area contributed by atoms with E-state index in [1.54, 1.807) is 11.3 Å². The fourth-order valence-corrected chi connectivity index (χ4v) is 4.07. The van der Waals surface area contributed by atoms with Crippen LogP contribution in [0.1, 0.15) is 0 Å². The van der Waals surface area contributed by atoms with Crippen LogP contribution < -0.4 is 0 Å². The quantitative estimate of drug-likeness (QED) is 0.268. The van der Waals surface area contributed by atoms with Gasteiger partial charge >= 0.3 is 0 Å². The van der Waals surface area contributed by atoms with E-state index >= 15 is 0 Å². The smallest absolute Gasteiger partial charge is 0.258 e. The molecular weight excluding hydrogens is 332 g/mol. The summed E-state index contributed by atoms with van der Waals surface area (Å²) in [7, 11) is 0. The number of fused-ring (bicyclic) bond motifs is 3. The van der Waals surface area contributed by atoms with E-state index in [0.717, 1.165) is 25.7 Å². The molecule has 2 aromatic carbocycles. The Hall–Kier alpha value is -2.50. The maximum Gasteiger partial charge on any atom is 0.295 e. The highest BCUT2D eigenvalue weighted by Gasteiger charge is 2.20. The van der Waals surface area contributed by atoms with E-state index in [2.05, 4.69) is 11.1 Å². The molecule has 0 N–H and O–H groups in total. The minimum atomic E-state index is -0.426. The van der Waals surface area contributed by atoms with E-state index < -0.39 is 4.92 Å². The van der Waals surface area contributed by atoms with Gasteiger partial charge in [-0.3, -0.25) is 10.1 Å². The van der Waals surface area contributed by atoms with Crippen LogP contribution in [0.5, 0.6) is 0 Å². The van der Waals surface area contributed by atoms with E-state index in [1.165, 1.54) is 12.1 Å². The fraction of sp³-hybridized carbons (Fsp3) is 0. The van der Waals surface area contributed by atoms with Crippen molar-refractivity contribution in [3.8, 4) is 11.3 Å². The molecule has 2 heterocycles. The number of benzene rings is 2. The first-order valence-electron chi connectivity index (χ1n) is 6.87. The van der Waals surface area contributed by atoms with Crippen LogP contribution in [-0.4, -0.2) is 9.91 Å². The number of halogens is 1. The van der Waals surface area contributed by atoms with Gasteiger partial charge in [0.15, 0.2) is 5.69 Å². The number of nitrogens with zero attached hydrogens (tertiary/aromatic N) is 2. The van der Waals surface area contributed by atoms with Gasteiger partial charge in [0, 0.05) is 31.8 Å². The SMILES string of the molecule is O=[N+]([O-])c1ccc(Cl)nc1-c1cccc2c1sc1ccccc12. The molecule has 0 aliphatic rings. The zero-order valence-electron chi connectivity index (χ0n) is 11.7. The molecule has 112 valence electrons. The zero-order valence-corrected chi connectivity index (χ0v) is 13.3. The van der Waals surface area contributed by atoms with Gasteiger partial charge in [0.2, 0.25) is 0 Å². The zero-order chi connectivity index (χ0) is 16.0. The predicted octanol–water partition coefficient (Wildman–Crippen LogP) is 5.68. The number of aromatic nitrogens is 1. The lowest BCUT2D eigenvalue weighted by Crippen LogP contribution is -1.95. The fourth-order valence-electron chi connectivity index (χ4n) is 2.71. The van der Waals surface area contributed by atoms with Crippen molar-refractivity contribution >= 4 is 48.8 Å². The Morgan fingerprint density at radius 3 is 2.61 bits per heavy atom. The standard InChI is InChI=1S/C17H9ClN2O2S/c18-15-9-8-13(20(21)22)16(19-15)12-6-3-5-11-10-4-1-2-7-14(10)23-17(11)12/h1-9H. The largest absolute Gasteiger partial charge is 0.295 e. The van der Waals surface area contributed by atoms with Crippen molar-refractivity contribution in [2.75, 3.05) is 0 Å². The first-order valence-corrected chi connectivity index (χ1v) is 8.06. The molecule has 4 aromatic rings. The normalized spacial score (nSPS) is 11.2. The van der Waals surface area contributed by atoms with Gasteiger partial charge in [0.1, 0.15) is 5.15 Å². The molecule has 6 heteroatoms. The van der Waals surface area contributed by atoms with Gasteiger partial charge in [0.05, 0.1) is 4.92 Å². The minimum Gasteiger partial charge on any atom is -0.258 e. The summed E-state index contributed by atoms with van der Waals surface area (Å²) in [5.74, 6) is 0. The average Bonchev–Trinajstić information content (AvgIpc) is 2.93. The summed E-state index contributed by atoms with van der Waals surface area (Å²) in [4.78, 5) is 15.1. The van der Waals surface area contributed by atoms with Crippen molar-refractivity contribution in [3.05, 3.63) is 69.9 Å². The molecule has 0 bridgehead atoms. The number of hydrogen-bond acceptors (Lipinski definition) is 4. The van der Waals surface area contributed by atoms with Crippen LogP contribution in [0.3, 0.4) is 0 Å². The maximum atomic E-state index is 11.3. The van der Waals surface area contributed by atoms with Crippen molar-refractivity contribution in [2.24, 2.45) is 0 Å². The third-order valence-electron chi connectivity index (χ3n) is 3.70. The first kappa shape index (κ1) is 14.1. The van der Waals surface area contributed by atoms with Crippen LogP contribution in [0.4, 0.5) is 5.69 Å². The van der Waals surface area contributed by atoms with Crippen molar-refractivity contribution in [1.82, 2.24) is 4.98 Å². The monoisotopic (exact) mass is 340 g/mol. The second-order valence-corrected chi connectivity index (χ2v) is 6.48.